The molecule has 1 saturated heterocycles. The smallest absolute Gasteiger partial charge is 0.106 e. The van der Waals surface area contributed by atoms with Crippen molar-refractivity contribution < 1.29 is 0 Å². The van der Waals surface area contributed by atoms with Gasteiger partial charge in [0, 0.05) is 18.8 Å². The van der Waals surface area contributed by atoms with Crippen LogP contribution in [0.4, 0.5) is 5.69 Å². The number of hydrogen-bond donors (Lipinski definition) is 1. The summed E-state index contributed by atoms with van der Waals surface area (Å²) >= 11 is 0. The van der Waals surface area contributed by atoms with Crippen molar-refractivity contribution in [3.63, 3.8) is 0 Å². The molecular weight excluding hydrogens is 236 g/mol. The summed E-state index contributed by atoms with van der Waals surface area (Å²) in [5.74, 6) is 1.08. The van der Waals surface area contributed by atoms with Crippen molar-refractivity contribution in [2.45, 2.75) is 32.7 Å². The number of piperidine rings is 1. The van der Waals surface area contributed by atoms with Crippen molar-refractivity contribution >= 4 is 16.7 Å². The molecular formula is C15H22N4. The SMILES string of the molecule is Cc1nc2cc(N)ccc2n1CCN1CCCCC1. The van der Waals surface area contributed by atoms with E-state index in [0.29, 0.717) is 0 Å². The number of aromatic nitrogens is 2. The number of fused-ring (bicyclic) bond motifs is 1. The molecule has 4 nitrogen and oxygen atoms in total. The number of hydrogen-bond acceptors (Lipinski definition) is 3. The molecule has 1 fully saturated rings. The first kappa shape index (κ1) is 12.5. The first-order chi connectivity index (χ1) is 9.24. The summed E-state index contributed by atoms with van der Waals surface area (Å²) in [5, 5.41) is 0. The lowest BCUT2D eigenvalue weighted by molar-refractivity contribution is 0.221. The highest BCUT2D eigenvalue weighted by atomic mass is 15.2. The van der Waals surface area contributed by atoms with Gasteiger partial charge in [-0.3, -0.25) is 0 Å². The molecule has 1 aliphatic heterocycles. The Hall–Kier alpha value is -1.55. The molecule has 0 unspecified atom stereocenters. The van der Waals surface area contributed by atoms with E-state index >= 15 is 0 Å². The summed E-state index contributed by atoms with van der Waals surface area (Å²) in [6.07, 6.45) is 4.09. The summed E-state index contributed by atoms with van der Waals surface area (Å²) in [6.45, 7) is 6.71. The number of anilines is 1. The van der Waals surface area contributed by atoms with Crippen molar-refractivity contribution in [1.29, 1.82) is 0 Å². The molecule has 2 N–H and O–H groups in total. The van der Waals surface area contributed by atoms with Gasteiger partial charge in [-0.2, -0.15) is 0 Å². The topological polar surface area (TPSA) is 47.1 Å². The molecule has 1 aliphatic rings. The predicted octanol–water partition coefficient (Wildman–Crippen LogP) is 2.41. The molecule has 4 heteroatoms. The van der Waals surface area contributed by atoms with E-state index in [-0.39, 0.29) is 0 Å². The highest BCUT2D eigenvalue weighted by Gasteiger charge is 2.12. The maximum atomic E-state index is 5.82. The minimum atomic E-state index is 0.785. The molecule has 2 heterocycles. The van der Waals surface area contributed by atoms with Gasteiger partial charge in [-0.15, -0.1) is 0 Å². The standard InChI is InChI=1S/C15H22N4/c1-12-17-14-11-13(16)5-6-15(14)19(12)10-9-18-7-3-2-4-8-18/h5-6,11H,2-4,7-10,16H2,1H3. The molecule has 0 atom stereocenters. The van der Waals surface area contributed by atoms with E-state index in [9.17, 15) is 0 Å². The van der Waals surface area contributed by atoms with E-state index in [2.05, 4.69) is 27.4 Å². The molecule has 0 bridgehead atoms. The third-order valence-electron chi connectivity index (χ3n) is 4.05. The number of imidazole rings is 1. The van der Waals surface area contributed by atoms with E-state index in [1.807, 2.05) is 12.1 Å². The zero-order chi connectivity index (χ0) is 13.2. The quantitative estimate of drug-likeness (QED) is 0.860. The Labute approximate surface area is 114 Å². The van der Waals surface area contributed by atoms with Gasteiger partial charge in [0.1, 0.15) is 5.82 Å². The number of likely N-dealkylation sites (tertiary alicyclic amines) is 1. The van der Waals surface area contributed by atoms with E-state index in [1.54, 1.807) is 0 Å². The number of rotatable bonds is 3. The molecule has 19 heavy (non-hydrogen) atoms. The van der Waals surface area contributed by atoms with Gasteiger partial charge >= 0.3 is 0 Å². The fraction of sp³-hybridized carbons (Fsp3) is 0.533. The summed E-state index contributed by atoms with van der Waals surface area (Å²) in [7, 11) is 0. The molecule has 0 saturated carbocycles. The van der Waals surface area contributed by atoms with Crippen molar-refractivity contribution in [3.05, 3.63) is 24.0 Å². The molecule has 0 spiro atoms. The van der Waals surface area contributed by atoms with Gasteiger partial charge < -0.3 is 15.2 Å². The number of nitrogens with zero attached hydrogens (tertiary/aromatic N) is 3. The lowest BCUT2D eigenvalue weighted by Gasteiger charge is -2.26. The Balaban J connectivity index is 1.78. The fourth-order valence-corrected chi connectivity index (χ4v) is 2.97. The highest BCUT2D eigenvalue weighted by molar-refractivity contribution is 5.79. The molecule has 0 radical (unpaired) electrons. The van der Waals surface area contributed by atoms with Crippen molar-refractivity contribution in [2.75, 3.05) is 25.4 Å². The lowest BCUT2D eigenvalue weighted by Crippen LogP contribution is -2.32. The minimum Gasteiger partial charge on any atom is -0.399 e. The van der Waals surface area contributed by atoms with Gasteiger partial charge in [0.2, 0.25) is 0 Å². The molecule has 102 valence electrons. The van der Waals surface area contributed by atoms with E-state index in [1.165, 1.54) is 37.9 Å². The summed E-state index contributed by atoms with van der Waals surface area (Å²) in [4.78, 5) is 7.16. The van der Waals surface area contributed by atoms with Crippen LogP contribution in [0.2, 0.25) is 0 Å². The first-order valence-electron chi connectivity index (χ1n) is 7.19. The Bertz CT molecular complexity index is 567. The number of aryl methyl sites for hydroxylation is 1. The van der Waals surface area contributed by atoms with Gasteiger partial charge in [0.25, 0.3) is 0 Å². The molecule has 2 aromatic rings. The molecule has 1 aromatic heterocycles. The first-order valence-corrected chi connectivity index (χ1v) is 7.19. The van der Waals surface area contributed by atoms with Gasteiger partial charge in [-0.05, 0) is 51.1 Å². The Morgan fingerprint density at radius 3 is 2.74 bits per heavy atom. The van der Waals surface area contributed by atoms with Crippen LogP contribution in [0.5, 0.6) is 0 Å². The van der Waals surface area contributed by atoms with Crippen molar-refractivity contribution in [2.24, 2.45) is 0 Å². The largest absolute Gasteiger partial charge is 0.399 e. The summed E-state index contributed by atoms with van der Waals surface area (Å²) < 4.78 is 2.31. The second-order valence-corrected chi connectivity index (χ2v) is 5.46. The minimum absolute atomic E-state index is 0.785. The van der Waals surface area contributed by atoms with E-state index in [0.717, 1.165) is 30.1 Å². The number of nitrogen functional groups attached to an aromatic ring is 1. The van der Waals surface area contributed by atoms with Crippen LogP contribution < -0.4 is 5.73 Å². The summed E-state index contributed by atoms with van der Waals surface area (Å²) in [5.41, 5.74) is 8.81. The third kappa shape index (κ3) is 2.59. The fourth-order valence-electron chi connectivity index (χ4n) is 2.97. The normalized spacial score (nSPS) is 17.1. The monoisotopic (exact) mass is 258 g/mol. The average molecular weight is 258 g/mol. The lowest BCUT2D eigenvalue weighted by atomic mass is 10.1. The predicted molar refractivity (Wildman–Crippen MR) is 79.2 cm³/mol. The van der Waals surface area contributed by atoms with E-state index < -0.39 is 0 Å². The zero-order valence-electron chi connectivity index (χ0n) is 11.6. The van der Waals surface area contributed by atoms with E-state index in [4.69, 9.17) is 5.73 Å². The molecule has 0 aliphatic carbocycles. The van der Waals surface area contributed by atoms with Gasteiger partial charge in [-0.1, -0.05) is 6.42 Å². The molecule has 1 aromatic carbocycles. The van der Waals surface area contributed by atoms with Crippen molar-refractivity contribution in [3.8, 4) is 0 Å². The maximum Gasteiger partial charge on any atom is 0.106 e. The van der Waals surface area contributed by atoms with Crippen molar-refractivity contribution in [1.82, 2.24) is 14.5 Å². The second-order valence-electron chi connectivity index (χ2n) is 5.46. The Morgan fingerprint density at radius 2 is 1.95 bits per heavy atom. The zero-order valence-corrected chi connectivity index (χ0v) is 11.6. The average Bonchev–Trinajstić information content (AvgIpc) is 2.72. The van der Waals surface area contributed by atoms with Crippen LogP contribution in [0, 0.1) is 6.92 Å². The third-order valence-corrected chi connectivity index (χ3v) is 4.05. The molecule has 3 rings (SSSR count). The highest BCUT2D eigenvalue weighted by Crippen LogP contribution is 2.19. The number of nitrogens with two attached hydrogens (primary N) is 1. The maximum absolute atomic E-state index is 5.82. The Morgan fingerprint density at radius 1 is 1.16 bits per heavy atom. The number of benzene rings is 1. The Kier molecular flexibility index (Phi) is 3.42. The summed E-state index contributed by atoms with van der Waals surface area (Å²) in [6, 6.07) is 6.00. The molecule has 0 amide bonds. The van der Waals surface area contributed by atoms with Crippen LogP contribution in [-0.2, 0) is 6.54 Å². The van der Waals surface area contributed by atoms with Crippen LogP contribution in [0.3, 0.4) is 0 Å². The van der Waals surface area contributed by atoms with Gasteiger partial charge in [0.05, 0.1) is 11.0 Å². The van der Waals surface area contributed by atoms with Gasteiger partial charge in [-0.25, -0.2) is 4.98 Å². The van der Waals surface area contributed by atoms with Crippen LogP contribution in [-0.4, -0.2) is 34.1 Å². The second kappa shape index (κ2) is 5.21. The van der Waals surface area contributed by atoms with Crippen LogP contribution in [0.1, 0.15) is 25.1 Å². The van der Waals surface area contributed by atoms with Crippen LogP contribution >= 0.6 is 0 Å². The van der Waals surface area contributed by atoms with Crippen LogP contribution in [0.25, 0.3) is 11.0 Å². The van der Waals surface area contributed by atoms with Gasteiger partial charge in [0.15, 0.2) is 0 Å². The van der Waals surface area contributed by atoms with Crippen LogP contribution in [0.15, 0.2) is 18.2 Å².